The molecule has 4 rings (SSSR count). The van der Waals surface area contributed by atoms with E-state index >= 15 is 0 Å². The maximum atomic E-state index is 12.3. The number of imidazole rings is 1. The fourth-order valence-electron chi connectivity index (χ4n) is 2.79. The van der Waals surface area contributed by atoms with Gasteiger partial charge in [-0.25, -0.2) is 4.98 Å². The van der Waals surface area contributed by atoms with Gasteiger partial charge in [-0.15, -0.1) is 0 Å². The van der Waals surface area contributed by atoms with Crippen LogP contribution in [0.2, 0.25) is 0 Å². The van der Waals surface area contributed by atoms with Crippen LogP contribution in [0, 0.1) is 0 Å². The SMILES string of the molecule is CN1CCn2nc(C(=O)NCc3cnc4ccccn34)cc2C1=O. The third-order valence-corrected chi connectivity index (χ3v) is 4.15. The molecule has 0 aromatic carbocycles. The van der Waals surface area contributed by atoms with Gasteiger partial charge in [0.2, 0.25) is 0 Å². The number of fused-ring (bicyclic) bond motifs is 2. The summed E-state index contributed by atoms with van der Waals surface area (Å²) in [6.07, 6.45) is 3.62. The molecule has 3 aromatic rings. The van der Waals surface area contributed by atoms with Crippen molar-refractivity contribution in [2.75, 3.05) is 13.6 Å². The van der Waals surface area contributed by atoms with Crippen LogP contribution >= 0.6 is 0 Å². The highest BCUT2D eigenvalue weighted by molar-refractivity contribution is 5.98. The average Bonchev–Trinajstić information content (AvgIpc) is 3.21. The zero-order chi connectivity index (χ0) is 16.7. The van der Waals surface area contributed by atoms with Gasteiger partial charge in [-0.3, -0.25) is 14.3 Å². The highest BCUT2D eigenvalue weighted by atomic mass is 16.2. The largest absolute Gasteiger partial charge is 0.345 e. The number of hydrogen-bond donors (Lipinski definition) is 1. The number of hydrogen-bond acceptors (Lipinski definition) is 4. The highest BCUT2D eigenvalue weighted by Gasteiger charge is 2.25. The van der Waals surface area contributed by atoms with Crippen molar-refractivity contribution >= 4 is 17.5 Å². The maximum absolute atomic E-state index is 12.3. The summed E-state index contributed by atoms with van der Waals surface area (Å²) < 4.78 is 3.50. The maximum Gasteiger partial charge on any atom is 0.272 e. The molecule has 0 bridgehead atoms. The monoisotopic (exact) mass is 324 g/mol. The Morgan fingerprint density at radius 1 is 1.33 bits per heavy atom. The summed E-state index contributed by atoms with van der Waals surface area (Å²) >= 11 is 0. The smallest absolute Gasteiger partial charge is 0.272 e. The Kier molecular flexibility index (Phi) is 3.30. The lowest BCUT2D eigenvalue weighted by Gasteiger charge is -2.22. The van der Waals surface area contributed by atoms with E-state index in [1.165, 1.54) is 0 Å². The number of aromatic nitrogens is 4. The summed E-state index contributed by atoms with van der Waals surface area (Å²) in [7, 11) is 1.74. The van der Waals surface area contributed by atoms with E-state index < -0.39 is 0 Å². The normalized spacial score (nSPS) is 14.0. The Bertz CT molecular complexity index is 941. The number of nitrogens with one attached hydrogen (secondary N) is 1. The van der Waals surface area contributed by atoms with Gasteiger partial charge in [-0.05, 0) is 12.1 Å². The van der Waals surface area contributed by atoms with Gasteiger partial charge in [0, 0.05) is 25.9 Å². The second-order valence-electron chi connectivity index (χ2n) is 5.73. The molecule has 0 saturated heterocycles. The lowest BCUT2D eigenvalue weighted by molar-refractivity contribution is 0.0742. The first-order valence-electron chi connectivity index (χ1n) is 7.66. The van der Waals surface area contributed by atoms with Crippen molar-refractivity contribution in [3.8, 4) is 0 Å². The van der Waals surface area contributed by atoms with E-state index in [0.29, 0.717) is 25.3 Å². The third kappa shape index (κ3) is 2.32. The molecule has 0 fully saturated rings. The number of carbonyl (C=O) groups excluding carboxylic acids is 2. The van der Waals surface area contributed by atoms with E-state index in [0.717, 1.165) is 11.3 Å². The zero-order valence-electron chi connectivity index (χ0n) is 13.1. The van der Waals surface area contributed by atoms with Gasteiger partial charge in [0.05, 0.1) is 25.0 Å². The van der Waals surface area contributed by atoms with Crippen LogP contribution in [0.15, 0.2) is 36.7 Å². The van der Waals surface area contributed by atoms with Gasteiger partial charge in [-0.1, -0.05) is 6.07 Å². The standard InChI is InChI=1S/C16H16N6O2/c1-20-6-7-22-13(16(20)24)8-12(19-22)15(23)18-10-11-9-17-14-4-2-3-5-21(11)14/h2-5,8-9H,6-7,10H2,1H3,(H,18,23). The Hall–Kier alpha value is -3.16. The molecule has 8 heteroatoms. The van der Waals surface area contributed by atoms with Crippen molar-refractivity contribution in [1.82, 2.24) is 29.4 Å². The summed E-state index contributed by atoms with van der Waals surface area (Å²) in [5, 5.41) is 7.06. The Morgan fingerprint density at radius 2 is 2.21 bits per heavy atom. The van der Waals surface area contributed by atoms with Crippen LogP contribution in [0.25, 0.3) is 5.65 Å². The molecule has 1 aliphatic rings. The van der Waals surface area contributed by atoms with Crippen molar-refractivity contribution in [1.29, 1.82) is 0 Å². The lowest BCUT2D eigenvalue weighted by Crippen LogP contribution is -2.37. The van der Waals surface area contributed by atoms with E-state index in [9.17, 15) is 9.59 Å². The molecule has 0 aliphatic carbocycles. The predicted molar refractivity (Wildman–Crippen MR) is 85.5 cm³/mol. The third-order valence-electron chi connectivity index (χ3n) is 4.15. The molecule has 3 aromatic heterocycles. The summed E-state index contributed by atoms with van der Waals surface area (Å²) in [4.78, 5) is 30.3. The molecule has 1 N–H and O–H groups in total. The Balaban J connectivity index is 1.51. The van der Waals surface area contributed by atoms with E-state index in [1.807, 2.05) is 28.8 Å². The van der Waals surface area contributed by atoms with Crippen LogP contribution < -0.4 is 5.32 Å². The van der Waals surface area contributed by atoms with Crippen molar-refractivity contribution < 1.29 is 9.59 Å². The van der Waals surface area contributed by atoms with Gasteiger partial charge in [0.1, 0.15) is 11.3 Å². The van der Waals surface area contributed by atoms with Crippen molar-refractivity contribution in [2.24, 2.45) is 0 Å². The molecule has 0 unspecified atom stereocenters. The summed E-state index contributed by atoms with van der Waals surface area (Å²) in [6.45, 7) is 1.52. The lowest BCUT2D eigenvalue weighted by atomic mass is 10.2. The first-order chi connectivity index (χ1) is 11.6. The predicted octanol–water partition coefficient (Wildman–Crippen LogP) is 0.546. The average molecular weight is 324 g/mol. The topological polar surface area (TPSA) is 84.5 Å². The van der Waals surface area contributed by atoms with Crippen LogP contribution in [0.4, 0.5) is 0 Å². The minimum absolute atomic E-state index is 0.116. The van der Waals surface area contributed by atoms with Gasteiger partial charge < -0.3 is 14.6 Å². The van der Waals surface area contributed by atoms with Crippen molar-refractivity contribution in [2.45, 2.75) is 13.1 Å². The van der Waals surface area contributed by atoms with Gasteiger partial charge >= 0.3 is 0 Å². The number of carbonyl (C=O) groups is 2. The van der Waals surface area contributed by atoms with Gasteiger partial charge in [0.25, 0.3) is 11.8 Å². The number of nitrogens with zero attached hydrogens (tertiary/aromatic N) is 5. The number of rotatable bonds is 3. The van der Waals surface area contributed by atoms with E-state index in [4.69, 9.17) is 0 Å². The Labute approximate surface area is 137 Å². The van der Waals surface area contributed by atoms with Gasteiger partial charge in [-0.2, -0.15) is 5.10 Å². The van der Waals surface area contributed by atoms with Crippen LogP contribution in [-0.4, -0.2) is 49.5 Å². The molecule has 1 aliphatic heterocycles. The second kappa shape index (κ2) is 5.48. The molecule has 4 heterocycles. The second-order valence-corrected chi connectivity index (χ2v) is 5.73. The summed E-state index contributed by atoms with van der Waals surface area (Å²) in [6, 6.07) is 7.26. The summed E-state index contributed by atoms with van der Waals surface area (Å²) in [5.74, 6) is -0.423. The molecular weight excluding hydrogens is 308 g/mol. The number of amides is 2. The fourth-order valence-corrected chi connectivity index (χ4v) is 2.79. The first-order valence-corrected chi connectivity index (χ1v) is 7.66. The van der Waals surface area contributed by atoms with Crippen molar-refractivity contribution in [3.63, 3.8) is 0 Å². The molecule has 0 spiro atoms. The van der Waals surface area contributed by atoms with Gasteiger partial charge in [0.15, 0.2) is 5.69 Å². The van der Waals surface area contributed by atoms with Crippen molar-refractivity contribution in [3.05, 3.63) is 53.7 Å². The van der Waals surface area contributed by atoms with E-state index in [2.05, 4.69) is 15.4 Å². The molecule has 122 valence electrons. The van der Waals surface area contributed by atoms with E-state index in [1.54, 1.807) is 28.9 Å². The highest BCUT2D eigenvalue weighted by Crippen LogP contribution is 2.13. The molecule has 0 radical (unpaired) electrons. The first kappa shape index (κ1) is 14.4. The number of likely N-dealkylation sites (N-methyl/N-ethyl adjacent to an activating group) is 1. The molecule has 0 atom stereocenters. The minimum atomic E-state index is -0.307. The van der Waals surface area contributed by atoms with Crippen LogP contribution in [-0.2, 0) is 13.1 Å². The molecule has 8 nitrogen and oxygen atoms in total. The Morgan fingerprint density at radius 3 is 3.08 bits per heavy atom. The van der Waals surface area contributed by atoms with Crippen LogP contribution in [0.5, 0.6) is 0 Å². The molecular formula is C16H16N6O2. The quantitative estimate of drug-likeness (QED) is 0.762. The van der Waals surface area contributed by atoms with Crippen LogP contribution in [0.3, 0.4) is 0 Å². The fraction of sp³-hybridized carbons (Fsp3) is 0.250. The molecule has 2 amide bonds. The number of pyridine rings is 1. The van der Waals surface area contributed by atoms with Crippen LogP contribution in [0.1, 0.15) is 26.7 Å². The minimum Gasteiger partial charge on any atom is -0.345 e. The van der Waals surface area contributed by atoms with E-state index in [-0.39, 0.29) is 17.5 Å². The summed E-state index contributed by atoms with van der Waals surface area (Å²) in [5.41, 5.74) is 2.40. The molecule has 0 saturated carbocycles. The zero-order valence-corrected chi connectivity index (χ0v) is 13.1. The molecule has 24 heavy (non-hydrogen) atoms.